The molecule has 1 saturated carbocycles. The van der Waals surface area contributed by atoms with Crippen LogP contribution < -0.4 is 0 Å². The lowest BCUT2D eigenvalue weighted by molar-refractivity contribution is -0.168. The van der Waals surface area contributed by atoms with E-state index >= 15 is 0 Å². The number of hydrogen-bond acceptors (Lipinski definition) is 3. The van der Waals surface area contributed by atoms with Crippen molar-refractivity contribution in [3.63, 3.8) is 0 Å². The summed E-state index contributed by atoms with van der Waals surface area (Å²) in [6.45, 7) is 6.15. The molecule has 0 unspecified atom stereocenters. The van der Waals surface area contributed by atoms with E-state index in [1.807, 2.05) is 0 Å². The van der Waals surface area contributed by atoms with Crippen molar-refractivity contribution in [1.29, 1.82) is 0 Å². The van der Waals surface area contributed by atoms with Gasteiger partial charge in [0.1, 0.15) is 0 Å². The Labute approximate surface area is 140 Å². The highest BCUT2D eigenvalue weighted by atomic mass is 16.5. The number of β-lactam (4-membered cyclic amide) rings is 1. The van der Waals surface area contributed by atoms with Crippen LogP contribution in [0.1, 0.15) is 57.8 Å². The normalized spacial score (nSPS) is 36.6. The maximum Gasteiger partial charge on any atom is 0.231 e. The number of amides is 1. The van der Waals surface area contributed by atoms with E-state index in [1.54, 1.807) is 0 Å². The summed E-state index contributed by atoms with van der Waals surface area (Å²) >= 11 is 0. The van der Waals surface area contributed by atoms with Gasteiger partial charge in [0.25, 0.3) is 0 Å². The lowest BCUT2D eigenvalue weighted by Gasteiger charge is -2.54. The smallest absolute Gasteiger partial charge is 0.231 e. The quantitative estimate of drug-likeness (QED) is 0.747. The third-order valence-electron chi connectivity index (χ3n) is 6.58. The highest BCUT2D eigenvalue weighted by Crippen LogP contribution is 2.41. The van der Waals surface area contributed by atoms with E-state index in [9.17, 15) is 4.79 Å². The molecule has 4 rings (SSSR count). The number of likely N-dealkylation sites (tertiary alicyclic amines) is 2. The topological polar surface area (TPSA) is 32.8 Å². The highest BCUT2D eigenvalue weighted by Gasteiger charge is 2.53. The molecule has 3 heterocycles. The van der Waals surface area contributed by atoms with Crippen molar-refractivity contribution in [2.24, 2.45) is 11.3 Å². The maximum atomic E-state index is 12.9. The molecule has 0 radical (unpaired) electrons. The average Bonchev–Trinajstić information content (AvgIpc) is 3.08. The van der Waals surface area contributed by atoms with E-state index in [0.717, 1.165) is 51.7 Å². The average molecular weight is 320 g/mol. The van der Waals surface area contributed by atoms with Gasteiger partial charge in [-0.2, -0.15) is 0 Å². The van der Waals surface area contributed by atoms with E-state index in [2.05, 4.69) is 9.80 Å². The molecule has 0 bridgehead atoms. The molecule has 0 N–H and O–H groups in total. The van der Waals surface area contributed by atoms with Gasteiger partial charge in [0, 0.05) is 32.8 Å². The zero-order valence-electron chi connectivity index (χ0n) is 14.5. The Hall–Kier alpha value is -0.610. The van der Waals surface area contributed by atoms with Gasteiger partial charge < -0.3 is 9.64 Å². The first-order chi connectivity index (χ1) is 11.3. The molecule has 0 aromatic heterocycles. The van der Waals surface area contributed by atoms with Gasteiger partial charge in [-0.05, 0) is 51.0 Å². The molecule has 4 heteroatoms. The molecular weight excluding hydrogens is 288 g/mol. The standard InChI is InChI=1S/C19H32N2O2/c22-18-19(15-21(18)12-16-6-2-1-3-7-16)9-5-10-20(14-19)13-17-8-4-11-23-17/h16-17H,1-15H2/t17-,19-/m1/s1. The predicted molar refractivity (Wildman–Crippen MR) is 90.2 cm³/mol. The van der Waals surface area contributed by atoms with E-state index in [0.29, 0.717) is 12.0 Å². The minimum absolute atomic E-state index is 0.0362. The Kier molecular flexibility index (Phi) is 4.64. The van der Waals surface area contributed by atoms with Crippen molar-refractivity contribution in [2.45, 2.75) is 63.9 Å². The monoisotopic (exact) mass is 320 g/mol. The van der Waals surface area contributed by atoms with Crippen LogP contribution in [-0.2, 0) is 9.53 Å². The van der Waals surface area contributed by atoms with Gasteiger partial charge in [-0.15, -0.1) is 0 Å². The molecule has 4 fully saturated rings. The van der Waals surface area contributed by atoms with Crippen molar-refractivity contribution >= 4 is 5.91 Å². The third-order valence-corrected chi connectivity index (χ3v) is 6.58. The van der Waals surface area contributed by atoms with Crippen LogP contribution in [0, 0.1) is 11.3 Å². The summed E-state index contributed by atoms with van der Waals surface area (Å²) in [6.07, 6.45) is 11.9. The molecule has 0 aromatic carbocycles. The van der Waals surface area contributed by atoms with Crippen LogP contribution in [0.15, 0.2) is 0 Å². The minimum Gasteiger partial charge on any atom is -0.377 e. The molecule has 1 spiro atoms. The number of hydrogen-bond donors (Lipinski definition) is 0. The summed E-state index contributed by atoms with van der Waals surface area (Å²) < 4.78 is 5.79. The van der Waals surface area contributed by atoms with Crippen LogP contribution in [0.25, 0.3) is 0 Å². The minimum atomic E-state index is -0.0362. The molecule has 1 amide bonds. The molecule has 23 heavy (non-hydrogen) atoms. The van der Waals surface area contributed by atoms with E-state index < -0.39 is 0 Å². The fraction of sp³-hybridized carbons (Fsp3) is 0.947. The Morgan fingerprint density at radius 2 is 1.87 bits per heavy atom. The first-order valence-electron chi connectivity index (χ1n) is 9.89. The molecule has 4 aliphatic rings. The molecule has 4 nitrogen and oxygen atoms in total. The second-order valence-corrected chi connectivity index (χ2v) is 8.44. The summed E-state index contributed by atoms with van der Waals surface area (Å²) in [4.78, 5) is 17.5. The number of carbonyl (C=O) groups is 1. The van der Waals surface area contributed by atoms with Crippen molar-refractivity contribution in [1.82, 2.24) is 9.80 Å². The SMILES string of the molecule is O=C1N(CC2CCCCC2)C[C@]12CCCN(C[C@H]1CCCO1)C2. The number of piperidine rings is 1. The van der Waals surface area contributed by atoms with Gasteiger partial charge in [-0.25, -0.2) is 0 Å². The first kappa shape index (κ1) is 15.9. The van der Waals surface area contributed by atoms with E-state index in [4.69, 9.17) is 4.74 Å². The van der Waals surface area contributed by atoms with Crippen LogP contribution in [0.2, 0.25) is 0 Å². The molecular formula is C19H32N2O2. The van der Waals surface area contributed by atoms with Crippen molar-refractivity contribution in [3.05, 3.63) is 0 Å². The number of rotatable bonds is 4. The third kappa shape index (κ3) is 3.30. The Morgan fingerprint density at radius 3 is 2.61 bits per heavy atom. The largest absolute Gasteiger partial charge is 0.377 e. The van der Waals surface area contributed by atoms with Gasteiger partial charge in [-0.1, -0.05) is 19.3 Å². The van der Waals surface area contributed by atoms with Crippen LogP contribution in [0.5, 0.6) is 0 Å². The second-order valence-electron chi connectivity index (χ2n) is 8.44. The summed E-state index contributed by atoms with van der Waals surface area (Å²) in [5.74, 6) is 1.23. The Morgan fingerprint density at radius 1 is 1.00 bits per heavy atom. The fourth-order valence-electron chi connectivity index (χ4n) is 5.34. The summed E-state index contributed by atoms with van der Waals surface area (Å²) in [7, 11) is 0. The van der Waals surface area contributed by atoms with E-state index in [-0.39, 0.29) is 5.41 Å². The van der Waals surface area contributed by atoms with Crippen molar-refractivity contribution in [2.75, 3.05) is 39.3 Å². The van der Waals surface area contributed by atoms with Gasteiger partial charge in [0.05, 0.1) is 11.5 Å². The highest BCUT2D eigenvalue weighted by molar-refractivity contribution is 5.89. The molecule has 0 aromatic rings. The van der Waals surface area contributed by atoms with Gasteiger partial charge in [0.2, 0.25) is 5.91 Å². The van der Waals surface area contributed by atoms with Gasteiger partial charge in [0.15, 0.2) is 0 Å². The Balaban J connectivity index is 1.29. The second kappa shape index (κ2) is 6.72. The number of nitrogens with zero attached hydrogens (tertiary/aromatic N) is 2. The van der Waals surface area contributed by atoms with E-state index in [1.165, 1.54) is 51.4 Å². The lowest BCUT2D eigenvalue weighted by atomic mass is 9.71. The lowest BCUT2D eigenvalue weighted by Crippen LogP contribution is -2.67. The van der Waals surface area contributed by atoms with Crippen molar-refractivity contribution < 1.29 is 9.53 Å². The summed E-state index contributed by atoms with van der Waals surface area (Å²) in [5.41, 5.74) is -0.0362. The molecule has 3 aliphatic heterocycles. The number of carbonyl (C=O) groups excluding carboxylic acids is 1. The van der Waals surface area contributed by atoms with Gasteiger partial charge >= 0.3 is 0 Å². The van der Waals surface area contributed by atoms with Crippen molar-refractivity contribution in [3.8, 4) is 0 Å². The summed E-state index contributed by atoms with van der Waals surface area (Å²) in [6, 6.07) is 0. The fourth-order valence-corrected chi connectivity index (χ4v) is 5.34. The van der Waals surface area contributed by atoms with Crippen LogP contribution in [-0.4, -0.2) is 61.1 Å². The maximum absolute atomic E-state index is 12.9. The first-order valence-corrected chi connectivity index (χ1v) is 9.89. The Bertz CT molecular complexity index is 429. The predicted octanol–water partition coefficient (Wildman–Crippen LogP) is 2.67. The zero-order valence-corrected chi connectivity index (χ0v) is 14.5. The van der Waals surface area contributed by atoms with Crippen LogP contribution in [0.4, 0.5) is 0 Å². The molecule has 1 aliphatic carbocycles. The van der Waals surface area contributed by atoms with Gasteiger partial charge in [-0.3, -0.25) is 9.69 Å². The number of ether oxygens (including phenoxy) is 1. The zero-order chi connectivity index (χ0) is 15.7. The summed E-state index contributed by atoms with van der Waals surface area (Å²) in [5, 5.41) is 0. The molecule has 2 atom stereocenters. The van der Waals surface area contributed by atoms with Crippen LogP contribution >= 0.6 is 0 Å². The van der Waals surface area contributed by atoms with Crippen LogP contribution in [0.3, 0.4) is 0 Å². The molecule has 3 saturated heterocycles. The molecule has 130 valence electrons.